The molecule has 0 amide bonds. The van der Waals surface area contributed by atoms with Gasteiger partial charge in [-0.25, -0.2) is 4.98 Å². The summed E-state index contributed by atoms with van der Waals surface area (Å²) in [6.45, 7) is 4.21. The second-order valence-corrected chi connectivity index (χ2v) is 7.44. The van der Waals surface area contributed by atoms with Crippen LogP contribution in [0.3, 0.4) is 0 Å². The van der Waals surface area contributed by atoms with Crippen LogP contribution in [0.5, 0.6) is 0 Å². The summed E-state index contributed by atoms with van der Waals surface area (Å²) in [5.41, 5.74) is 3.59. The highest BCUT2D eigenvalue weighted by Crippen LogP contribution is 2.38. The van der Waals surface area contributed by atoms with Crippen molar-refractivity contribution in [2.24, 2.45) is 0 Å². The highest BCUT2D eigenvalue weighted by Gasteiger charge is 2.36. The number of nitrogens with zero attached hydrogens (tertiary/aromatic N) is 2. The fourth-order valence-corrected chi connectivity index (χ4v) is 4.89. The average Bonchev–Trinajstić information content (AvgIpc) is 3.12. The molecule has 4 rings (SSSR count). The molecule has 22 heavy (non-hydrogen) atoms. The molecule has 0 bridgehead atoms. The molecule has 2 aromatic rings. The molecular formula is C18H22N2OS. The Morgan fingerprint density at radius 2 is 2.00 bits per heavy atom. The smallest absolute Gasteiger partial charge is 0.0960 e. The van der Waals surface area contributed by atoms with E-state index in [0.717, 1.165) is 43.6 Å². The molecule has 4 heteroatoms. The van der Waals surface area contributed by atoms with Crippen molar-refractivity contribution in [1.82, 2.24) is 9.88 Å². The van der Waals surface area contributed by atoms with Crippen molar-refractivity contribution in [3.05, 3.63) is 51.5 Å². The van der Waals surface area contributed by atoms with Crippen LogP contribution in [0.25, 0.3) is 0 Å². The van der Waals surface area contributed by atoms with E-state index in [1.165, 1.54) is 10.6 Å². The van der Waals surface area contributed by atoms with Gasteiger partial charge in [-0.1, -0.05) is 24.3 Å². The maximum absolute atomic E-state index is 10.6. The Morgan fingerprint density at radius 1 is 1.23 bits per heavy atom. The second kappa shape index (κ2) is 5.76. The van der Waals surface area contributed by atoms with Crippen LogP contribution < -0.4 is 0 Å². The van der Waals surface area contributed by atoms with Crippen LogP contribution in [0, 0.1) is 6.92 Å². The molecule has 1 saturated heterocycles. The van der Waals surface area contributed by atoms with Gasteiger partial charge in [0, 0.05) is 23.0 Å². The van der Waals surface area contributed by atoms with Crippen molar-refractivity contribution in [1.29, 1.82) is 0 Å². The van der Waals surface area contributed by atoms with Crippen molar-refractivity contribution in [2.45, 2.75) is 44.2 Å². The van der Waals surface area contributed by atoms with Crippen molar-refractivity contribution in [3.63, 3.8) is 0 Å². The van der Waals surface area contributed by atoms with Gasteiger partial charge in [0.05, 0.1) is 11.1 Å². The molecule has 2 atom stereocenters. The number of aliphatic hydroxyl groups is 1. The predicted molar refractivity (Wildman–Crippen MR) is 89.3 cm³/mol. The molecule has 0 saturated carbocycles. The lowest BCUT2D eigenvalue weighted by atomic mass is 9.95. The summed E-state index contributed by atoms with van der Waals surface area (Å²) in [6.07, 6.45) is 2.98. The van der Waals surface area contributed by atoms with Gasteiger partial charge in [0.25, 0.3) is 0 Å². The maximum Gasteiger partial charge on any atom is 0.0960 e. The third-order valence-electron chi connectivity index (χ3n) is 5.15. The fourth-order valence-electron chi connectivity index (χ4n) is 3.92. The number of benzene rings is 1. The zero-order valence-electron chi connectivity index (χ0n) is 12.9. The predicted octanol–water partition coefficient (Wildman–Crippen LogP) is 3.29. The van der Waals surface area contributed by atoms with Gasteiger partial charge in [-0.15, -0.1) is 11.3 Å². The first-order valence-corrected chi connectivity index (χ1v) is 9.02. The van der Waals surface area contributed by atoms with Crippen LogP contribution >= 0.6 is 11.3 Å². The number of aryl methyl sites for hydroxylation is 1. The van der Waals surface area contributed by atoms with Crippen LogP contribution in [0.15, 0.2) is 29.6 Å². The van der Waals surface area contributed by atoms with Crippen molar-refractivity contribution in [2.75, 3.05) is 13.1 Å². The zero-order chi connectivity index (χ0) is 15.1. The van der Waals surface area contributed by atoms with Crippen molar-refractivity contribution in [3.8, 4) is 0 Å². The van der Waals surface area contributed by atoms with Crippen LogP contribution in [-0.2, 0) is 6.42 Å². The van der Waals surface area contributed by atoms with Crippen LogP contribution in [0.1, 0.15) is 46.7 Å². The number of aliphatic hydroxyl groups excluding tert-OH is 1. The van der Waals surface area contributed by atoms with E-state index >= 15 is 0 Å². The summed E-state index contributed by atoms with van der Waals surface area (Å²) in [4.78, 5) is 7.14. The van der Waals surface area contributed by atoms with Gasteiger partial charge in [0.15, 0.2) is 0 Å². The van der Waals surface area contributed by atoms with Gasteiger partial charge in [-0.05, 0) is 50.4 Å². The topological polar surface area (TPSA) is 36.4 Å². The number of piperidine rings is 1. The zero-order valence-corrected chi connectivity index (χ0v) is 13.7. The fraction of sp³-hybridized carbons (Fsp3) is 0.500. The molecular weight excluding hydrogens is 292 g/mol. The highest BCUT2D eigenvalue weighted by molar-refractivity contribution is 7.09. The van der Waals surface area contributed by atoms with E-state index in [-0.39, 0.29) is 12.1 Å². The third-order valence-corrected chi connectivity index (χ3v) is 6.28. The van der Waals surface area contributed by atoms with Crippen molar-refractivity contribution < 1.29 is 5.11 Å². The third kappa shape index (κ3) is 2.49. The van der Waals surface area contributed by atoms with Gasteiger partial charge < -0.3 is 5.11 Å². The summed E-state index contributed by atoms with van der Waals surface area (Å²) >= 11 is 1.80. The van der Waals surface area contributed by atoms with E-state index < -0.39 is 0 Å². The Labute approximate surface area is 135 Å². The molecule has 1 N–H and O–H groups in total. The molecule has 1 aromatic carbocycles. The largest absolute Gasteiger partial charge is 0.387 e. The average molecular weight is 314 g/mol. The molecule has 3 nitrogen and oxygen atoms in total. The Morgan fingerprint density at radius 3 is 2.68 bits per heavy atom. The monoisotopic (exact) mass is 314 g/mol. The molecule has 1 aliphatic carbocycles. The molecule has 0 spiro atoms. The summed E-state index contributed by atoms with van der Waals surface area (Å²) in [5.74, 6) is 0.607. The van der Waals surface area contributed by atoms with Gasteiger partial charge in [0.2, 0.25) is 0 Å². The van der Waals surface area contributed by atoms with E-state index in [4.69, 9.17) is 0 Å². The standard InChI is InChI=1S/C18H22N2OS/c1-12-11-22-18(19-12)13-6-8-20(9-7-13)16-10-14-4-2-3-5-15(14)17(16)21/h2-5,11,13,16-17,21H,6-10H2,1H3. The number of thiazole rings is 1. The molecule has 1 aromatic heterocycles. The van der Waals surface area contributed by atoms with Gasteiger partial charge in [-0.3, -0.25) is 4.90 Å². The normalized spacial score (nSPS) is 26.3. The van der Waals surface area contributed by atoms with Crippen LogP contribution in [-0.4, -0.2) is 34.1 Å². The van der Waals surface area contributed by atoms with E-state index in [1.807, 2.05) is 6.07 Å². The Kier molecular flexibility index (Phi) is 3.76. The van der Waals surface area contributed by atoms with E-state index in [0.29, 0.717) is 5.92 Å². The number of hydrogen-bond donors (Lipinski definition) is 1. The highest BCUT2D eigenvalue weighted by atomic mass is 32.1. The van der Waals surface area contributed by atoms with Crippen LogP contribution in [0.4, 0.5) is 0 Å². The molecule has 1 aliphatic heterocycles. The molecule has 2 unspecified atom stereocenters. The van der Waals surface area contributed by atoms with E-state index in [2.05, 4.69) is 40.4 Å². The summed E-state index contributed by atoms with van der Waals surface area (Å²) in [7, 11) is 0. The quantitative estimate of drug-likeness (QED) is 0.924. The molecule has 1 fully saturated rings. The lowest BCUT2D eigenvalue weighted by Crippen LogP contribution is -2.43. The number of rotatable bonds is 2. The minimum absolute atomic E-state index is 0.261. The van der Waals surface area contributed by atoms with Gasteiger partial charge in [0.1, 0.15) is 0 Å². The molecule has 0 radical (unpaired) electrons. The summed E-state index contributed by atoms with van der Waals surface area (Å²) < 4.78 is 0. The Bertz CT molecular complexity index is 661. The lowest BCUT2D eigenvalue weighted by molar-refractivity contribution is 0.0457. The van der Waals surface area contributed by atoms with Crippen molar-refractivity contribution >= 4 is 11.3 Å². The Balaban J connectivity index is 1.42. The minimum Gasteiger partial charge on any atom is -0.387 e. The Hall–Kier alpha value is -1.23. The number of likely N-dealkylation sites (tertiary alicyclic amines) is 1. The first-order chi connectivity index (χ1) is 10.7. The second-order valence-electron chi connectivity index (χ2n) is 6.55. The molecule has 2 aliphatic rings. The van der Waals surface area contributed by atoms with E-state index in [1.54, 1.807) is 11.3 Å². The molecule has 2 heterocycles. The van der Waals surface area contributed by atoms with Crippen LogP contribution in [0.2, 0.25) is 0 Å². The molecule has 116 valence electrons. The van der Waals surface area contributed by atoms with Gasteiger partial charge >= 0.3 is 0 Å². The minimum atomic E-state index is -0.324. The lowest BCUT2D eigenvalue weighted by Gasteiger charge is -2.36. The van der Waals surface area contributed by atoms with Gasteiger partial charge in [-0.2, -0.15) is 0 Å². The van der Waals surface area contributed by atoms with E-state index in [9.17, 15) is 5.11 Å². The SMILES string of the molecule is Cc1csc(C2CCN(C3Cc4ccccc4C3O)CC2)n1. The number of fused-ring (bicyclic) bond motifs is 1. The summed E-state index contributed by atoms with van der Waals surface area (Å²) in [5, 5.41) is 14.1. The maximum atomic E-state index is 10.6. The number of aromatic nitrogens is 1. The first-order valence-electron chi connectivity index (χ1n) is 8.14. The number of hydrogen-bond acceptors (Lipinski definition) is 4. The summed E-state index contributed by atoms with van der Waals surface area (Å²) in [6, 6.07) is 8.60. The first kappa shape index (κ1) is 14.4.